The van der Waals surface area contributed by atoms with Crippen molar-refractivity contribution >= 4 is 17.7 Å². The molecule has 1 aliphatic carbocycles. The summed E-state index contributed by atoms with van der Waals surface area (Å²) in [6.07, 6.45) is 1.38. The lowest BCUT2D eigenvalue weighted by atomic mass is 10.1. The van der Waals surface area contributed by atoms with Crippen LogP contribution in [0.25, 0.3) is 0 Å². The van der Waals surface area contributed by atoms with Crippen LogP contribution in [0.1, 0.15) is 58.8 Å². The summed E-state index contributed by atoms with van der Waals surface area (Å²) in [5.74, 6) is 5.93. The van der Waals surface area contributed by atoms with Crippen LogP contribution in [0.5, 0.6) is 0 Å². The lowest BCUT2D eigenvalue weighted by Crippen LogP contribution is -2.46. The SMILES string of the molecule is O=C(NC[C@H]1C[C@@H](NC(=O)[C@@H]2C[C@H](F)CN2)CN1C(=O)C1CC1)c1ccc(C#Cc2ccc([C@H]3COCCO3)cc2)cc1. The van der Waals surface area contributed by atoms with Gasteiger partial charge in [0.1, 0.15) is 12.3 Å². The Labute approximate surface area is 250 Å². The topological polar surface area (TPSA) is 109 Å². The van der Waals surface area contributed by atoms with E-state index in [1.165, 1.54) is 0 Å². The third kappa shape index (κ3) is 7.42. The molecule has 0 bridgehead atoms. The summed E-state index contributed by atoms with van der Waals surface area (Å²) >= 11 is 0. The summed E-state index contributed by atoms with van der Waals surface area (Å²) in [6.45, 7) is 2.65. The molecule has 43 heavy (non-hydrogen) atoms. The molecule has 0 unspecified atom stereocenters. The van der Waals surface area contributed by atoms with E-state index in [1.54, 1.807) is 17.0 Å². The van der Waals surface area contributed by atoms with E-state index in [9.17, 15) is 18.8 Å². The monoisotopic (exact) mass is 588 g/mol. The molecule has 2 aromatic rings. The molecule has 4 fully saturated rings. The van der Waals surface area contributed by atoms with Crippen molar-refractivity contribution < 1.29 is 28.2 Å². The van der Waals surface area contributed by atoms with Crippen molar-refractivity contribution in [2.75, 3.05) is 39.5 Å². The fourth-order valence-corrected chi connectivity index (χ4v) is 5.87. The predicted octanol–water partition coefficient (Wildman–Crippen LogP) is 2.10. The molecule has 9 nitrogen and oxygen atoms in total. The van der Waals surface area contributed by atoms with Gasteiger partial charge in [0.15, 0.2) is 0 Å². The molecule has 0 spiro atoms. The first-order valence-electron chi connectivity index (χ1n) is 15.1. The van der Waals surface area contributed by atoms with Crippen LogP contribution < -0.4 is 16.0 Å². The van der Waals surface area contributed by atoms with E-state index in [1.807, 2.05) is 36.4 Å². The number of halogens is 1. The molecular formula is C33H37FN4O5. The van der Waals surface area contributed by atoms with Crippen LogP contribution in [-0.4, -0.2) is 86.4 Å². The average Bonchev–Trinajstić information content (AvgIpc) is 3.68. The number of carbonyl (C=O) groups is 3. The molecule has 0 aromatic heterocycles. The lowest BCUT2D eigenvalue weighted by Gasteiger charge is -2.25. The highest BCUT2D eigenvalue weighted by Gasteiger charge is 2.42. The van der Waals surface area contributed by atoms with Gasteiger partial charge in [0.2, 0.25) is 11.8 Å². The van der Waals surface area contributed by atoms with Crippen molar-refractivity contribution in [2.45, 2.75) is 56.1 Å². The number of benzene rings is 2. The van der Waals surface area contributed by atoms with Crippen molar-refractivity contribution in [3.63, 3.8) is 0 Å². The highest BCUT2D eigenvalue weighted by Crippen LogP contribution is 2.33. The van der Waals surface area contributed by atoms with Gasteiger partial charge in [-0.25, -0.2) is 4.39 Å². The van der Waals surface area contributed by atoms with Gasteiger partial charge < -0.3 is 30.3 Å². The number of carbonyl (C=O) groups excluding carboxylic acids is 3. The van der Waals surface area contributed by atoms with Crippen molar-refractivity contribution in [1.29, 1.82) is 0 Å². The molecule has 5 atom stereocenters. The highest BCUT2D eigenvalue weighted by molar-refractivity contribution is 5.94. The van der Waals surface area contributed by atoms with Gasteiger partial charge >= 0.3 is 0 Å². The van der Waals surface area contributed by atoms with E-state index in [0.717, 1.165) is 29.5 Å². The molecule has 2 aromatic carbocycles. The molecule has 4 aliphatic rings. The van der Waals surface area contributed by atoms with Gasteiger partial charge in [-0.2, -0.15) is 0 Å². The summed E-state index contributed by atoms with van der Waals surface area (Å²) in [5, 5.41) is 8.86. The molecule has 226 valence electrons. The van der Waals surface area contributed by atoms with Crippen molar-refractivity contribution in [1.82, 2.24) is 20.9 Å². The quantitative estimate of drug-likeness (QED) is 0.428. The van der Waals surface area contributed by atoms with E-state index in [2.05, 4.69) is 27.8 Å². The van der Waals surface area contributed by atoms with Crippen LogP contribution in [0.2, 0.25) is 0 Å². The van der Waals surface area contributed by atoms with E-state index in [-0.39, 0.29) is 61.3 Å². The smallest absolute Gasteiger partial charge is 0.251 e. The third-order valence-corrected chi connectivity index (χ3v) is 8.46. The molecule has 0 radical (unpaired) electrons. The first-order chi connectivity index (χ1) is 20.9. The van der Waals surface area contributed by atoms with E-state index >= 15 is 0 Å². The second kappa shape index (κ2) is 13.2. The minimum Gasteiger partial charge on any atom is -0.376 e. The number of nitrogens with zero attached hydrogens (tertiary/aromatic N) is 1. The number of alkyl halides is 1. The standard InChI is InChI=1S/C33H37FN4O5/c34-26-15-29(35-17-26)32(40)37-27-16-28(38(19-27)33(41)25-11-12-25)18-36-31(39)24-9-5-22(6-10-24)2-1-21-3-7-23(8-4-21)30-20-42-13-14-43-30/h3-10,25-30,35H,11-20H2,(H,36,39)(H,37,40)/t26-,27+,28+,29-,30+/m0/s1. The Morgan fingerprint density at radius 2 is 1.70 bits per heavy atom. The molecule has 3 heterocycles. The molecular weight excluding hydrogens is 551 g/mol. The Kier molecular flexibility index (Phi) is 9.03. The number of hydrogen-bond acceptors (Lipinski definition) is 6. The summed E-state index contributed by atoms with van der Waals surface area (Å²) in [7, 11) is 0. The molecule has 3 saturated heterocycles. The zero-order chi connectivity index (χ0) is 29.8. The Morgan fingerprint density at radius 3 is 2.33 bits per heavy atom. The second-order valence-electron chi connectivity index (χ2n) is 11.7. The van der Waals surface area contributed by atoms with Gasteiger partial charge in [-0.3, -0.25) is 14.4 Å². The van der Waals surface area contributed by atoms with Crippen LogP contribution in [0.3, 0.4) is 0 Å². The minimum atomic E-state index is -1.02. The van der Waals surface area contributed by atoms with Gasteiger partial charge in [0.25, 0.3) is 5.91 Å². The van der Waals surface area contributed by atoms with Gasteiger partial charge in [-0.15, -0.1) is 0 Å². The Morgan fingerprint density at radius 1 is 0.977 bits per heavy atom. The predicted molar refractivity (Wildman–Crippen MR) is 157 cm³/mol. The van der Waals surface area contributed by atoms with E-state index < -0.39 is 12.2 Å². The maximum absolute atomic E-state index is 13.5. The fourth-order valence-electron chi connectivity index (χ4n) is 5.87. The summed E-state index contributed by atoms with van der Waals surface area (Å²) in [5.41, 5.74) is 3.23. The number of rotatable bonds is 7. The minimum absolute atomic E-state index is 0.0311. The van der Waals surface area contributed by atoms with Crippen LogP contribution >= 0.6 is 0 Å². The Balaban J connectivity index is 1.02. The fraction of sp³-hybridized carbons (Fsp3) is 0.485. The Hall–Kier alpha value is -3.78. The van der Waals surface area contributed by atoms with Crippen LogP contribution in [0.4, 0.5) is 4.39 Å². The first kappa shape index (κ1) is 29.3. The molecule has 3 N–H and O–H groups in total. The maximum atomic E-state index is 13.5. The largest absolute Gasteiger partial charge is 0.376 e. The number of nitrogens with one attached hydrogen (secondary N) is 3. The van der Waals surface area contributed by atoms with Gasteiger partial charge in [-0.1, -0.05) is 24.0 Å². The molecule has 1 saturated carbocycles. The second-order valence-corrected chi connectivity index (χ2v) is 11.7. The third-order valence-electron chi connectivity index (χ3n) is 8.46. The van der Waals surface area contributed by atoms with Crippen LogP contribution in [0.15, 0.2) is 48.5 Å². The zero-order valence-electron chi connectivity index (χ0n) is 24.0. The van der Waals surface area contributed by atoms with E-state index in [4.69, 9.17) is 9.47 Å². The normalized spacial score (nSPS) is 26.8. The maximum Gasteiger partial charge on any atom is 0.251 e. The summed E-state index contributed by atoms with van der Waals surface area (Å²) in [6, 6.07) is 14.0. The summed E-state index contributed by atoms with van der Waals surface area (Å²) < 4.78 is 24.8. The van der Waals surface area contributed by atoms with Crippen molar-refractivity contribution in [3.05, 3.63) is 70.8 Å². The lowest BCUT2D eigenvalue weighted by molar-refractivity contribution is -0.133. The Bertz CT molecular complexity index is 1380. The zero-order valence-corrected chi connectivity index (χ0v) is 24.0. The molecule has 6 rings (SSSR count). The molecule has 3 aliphatic heterocycles. The van der Waals surface area contributed by atoms with Crippen molar-refractivity contribution in [3.8, 4) is 11.8 Å². The average molecular weight is 589 g/mol. The number of hydrogen-bond donors (Lipinski definition) is 3. The summed E-state index contributed by atoms with van der Waals surface area (Å²) in [4.78, 5) is 40.3. The van der Waals surface area contributed by atoms with Gasteiger partial charge in [-0.05, 0) is 61.2 Å². The van der Waals surface area contributed by atoms with E-state index in [0.29, 0.717) is 38.3 Å². The number of ether oxygens (including phenoxy) is 2. The van der Waals surface area contributed by atoms with Gasteiger partial charge in [0, 0.05) is 54.7 Å². The number of amides is 3. The van der Waals surface area contributed by atoms with Crippen molar-refractivity contribution in [2.24, 2.45) is 5.92 Å². The van der Waals surface area contributed by atoms with Crippen LogP contribution in [0, 0.1) is 17.8 Å². The first-order valence-corrected chi connectivity index (χ1v) is 15.1. The molecule has 10 heteroatoms. The number of likely N-dealkylation sites (tertiary alicyclic amines) is 1. The highest BCUT2D eigenvalue weighted by atomic mass is 19.1. The van der Waals surface area contributed by atoms with Gasteiger partial charge in [0.05, 0.1) is 31.9 Å². The van der Waals surface area contributed by atoms with Crippen LogP contribution in [-0.2, 0) is 19.1 Å². The molecule has 3 amide bonds.